The van der Waals surface area contributed by atoms with Crippen molar-refractivity contribution >= 4 is 11.6 Å². The third-order valence-electron chi connectivity index (χ3n) is 4.86. The highest BCUT2D eigenvalue weighted by atomic mass is 16.5. The zero-order valence-electron chi connectivity index (χ0n) is 16.1. The molecule has 0 saturated heterocycles. The Morgan fingerprint density at radius 3 is 2.62 bits per heavy atom. The Morgan fingerprint density at radius 2 is 1.92 bits per heavy atom. The summed E-state index contributed by atoms with van der Waals surface area (Å²) in [6.45, 7) is 10.5. The molecule has 4 heteroatoms. The minimum atomic E-state index is -0.223. The quantitative estimate of drug-likeness (QED) is 0.867. The standard InChI is InChI=1S/C22H28N2O2/c1-15(17-7-10-19-20(13-17)26-12-11-23-19)21(25)24-14-16-5-8-18(9-6-16)22(2,3)4/h5-10,13,15,23H,11-12,14H2,1-4H3,(H,24,25). The van der Waals surface area contributed by atoms with Crippen LogP contribution in [0.25, 0.3) is 0 Å². The van der Waals surface area contributed by atoms with E-state index < -0.39 is 0 Å². The van der Waals surface area contributed by atoms with Gasteiger partial charge in [0.05, 0.1) is 11.6 Å². The van der Waals surface area contributed by atoms with Crippen LogP contribution in [0.15, 0.2) is 42.5 Å². The monoisotopic (exact) mass is 352 g/mol. The molecule has 0 saturated carbocycles. The number of hydrogen-bond acceptors (Lipinski definition) is 3. The number of nitrogens with one attached hydrogen (secondary N) is 2. The van der Waals surface area contributed by atoms with Gasteiger partial charge in [-0.05, 0) is 41.2 Å². The summed E-state index contributed by atoms with van der Waals surface area (Å²) in [6.07, 6.45) is 0. The number of hydrogen-bond donors (Lipinski definition) is 2. The van der Waals surface area contributed by atoms with Gasteiger partial charge in [-0.1, -0.05) is 51.1 Å². The number of anilines is 1. The number of rotatable bonds is 4. The third kappa shape index (κ3) is 4.18. The van der Waals surface area contributed by atoms with Gasteiger partial charge in [0.15, 0.2) is 0 Å². The summed E-state index contributed by atoms with van der Waals surface area (Å²) in [6, 6.07) is 14.4. The van der Waals surface area contributed by atoms with Gasteiger partial charge in [0, 0.05) is 13.1 Å². The van der Waals surface area contributed by atoms with Gasteiger partial charge in [-0.2, -0.15) is 0 Å². The first-order chi connectivity index (χ1) is 12.3. The molecule has 0 aromatic heterocycles. The molecule has 4 nitrogen and oxygen atoms in total. The second-order valence-electron chi connectivity index (χ2n) is 7.92. The summed E-state index contributed by atoms with van der Waals surface area (Å²) in [4.78, 5) is 12.5. The van der Waals surface area contributed by atoms with Crippen molar-refractivity contribution in [1.82, 2.24) is 5.32 Å². The molecule has 2 aromatic rings. The average Bonchev–Trinajstić information content (AvgIpc) is 2.64. The van der Waals surface area contributed by atoms with Gasteiger partial charge in [0.2, 0.25) is 5.91 Å². The molecule has 0 fully saturated rings. The lowest BCUT2D eigenvalue weighted by Crippen LogP contribution is -2.27. The van der Waals surface area contributed by atoms with Crippen molar-refractivity contribution in [2.75, 3.05) is 18.5 Å². The van der Waals surface area contributed by atoms with Crippen LogP contribution in [-0.4, -0.2) is 19.1 Å². The van der Waals surface area contributed by atoms with E-state index in [-0.39, 0.29) is 17.2 Å². The van der Waals surface area contributed by atoms with Crippen LogP contribution in [0.1, 0.15) is 50.3 Å². The fraction of sp³-hybridized carbons (Fsp3) is 0.409. The molecule has 1 amide bonds. The van der Waals surface area contributed by atoms with Crippen molar-refractivity contribution in [3.8, 4) is 5.75 Å². The average molecular weight is 352 g/mol. The molecule has 2 N–H and O–H groups in total. The highest BCUT2D eigenvalue weighted by Crippen LogP contribution is 2.31. The minimum Gasteiger partial charge on any atom is -0.490 e. The number of carbonyl (C=O) groups is 1. The predicted molar refractivity (Wildman–Crippen MR) is 106 cm³/mol. The van der Waals surface area contributed by atoms with Crippen LogP contribution in [0.5, 0.6) is 5.75 Å². The van der Waals surface area contributed by atoms with E-state index in [1.165, 1.54) is 5.56 Å². The van der Waals surface area contributed by atoms with E-state index in [2.05, 4.69) is 55.7 Å². The molecule has 1 aliphatic rings. The first-order valence-corrected chi connectivity index (χ1v) is 9.22. The smallest absolute Gasteiger partial charge is 0.227 e. The second kappa shape index (κ2) is 7.40. The van der Waals surface area contributed by atoms with Crippen LogP contribution in [0, 0.1) is 0 Å². The molecule has 3 rings (SSSR count). The molecule has 0 bridgehead atoms. The van der Waals surface area contributed by atoms with Crippen molar-refractivity contribution < 1.29 is 9.53 Å². The number of amides is 1. The zero-order chi connectivity index (χ0) is 18.7. The molecule has 1 atom stereocenters. The van der Waals surface area contributed by atoms with E-state index in [9.17, 15) is 4.79 Å². The molecule has 2 aromatic carbocycles. The summed E-state index contributed by atoms with van der Waals surface area (Å²) in [7, 11) is 0. The van der Waals surface area contributed by atoms with E-state index in [0.29, 0.717) is 13.2 Å². The predicted octanol–water partition coefficient (Wildman–Crippen LogP) is 4.21. The van der Waals surface area contributed by atoms with Gasteiger partial charge in [-0.15, -0.1) is 0 Å². The Kier molecular flexibility index (Phi) is 5.21. The summed E-state index contributed by atoms with van der Waals surface area (Å²) in [5.74, 6) is 0.625. The lowest BCUT2D eigenvalue weighted by atomic mass is 9.87. The van der Waals surface area contributed by atoms with Gasteiger partial charge in [0.1, 0.15) is 12.4 Å². The maximum Gasteiger partial charge on any atom is 0.227 e. The molecule has 1 heterocycles. The van der Waals surface area contributed by atoms with Crippen LogP contribution in [0.2, 0.25) is 0 Å². The summed E-state index contributed by atoms with van der Waals surface area (Å²) < 4.78 is 5.67. The molecule has 26 heavy (non-hydrogen) atoms. The first kappa shape index (κ1) is 18.3. The topological polar surface area (TPSA) is 50.4 Å². The Balaban J connectivity index is 1.61. The zero-order valence-corrected chi connectivity index (χ0v) is 16.1. The van der Waals surface area contributed by atoms with E-state index >= 15 is 0 Å². The lowest BCUT2D eigenvalue weighted by Gasteiger charge is -2.21. The fourth-order valence-corrected chi connectivity index (χ4v) is 3.04. The third-order valence-corrected chi connectivity index (χ3v) is 4.86. The van der Waals surface area contributed by atoms with Crippen molar-refractivity contribution in [1.29, 1.82) is 0 Å². The van der Waals surface area contributed by atoms with Crippen LogP contribution < -0.4 is 15.4 Å². The summed E-state index contributed by atoms with van der Waals surface area (Å²) >= 11 is 0. The van der Waals surface area contributed by atoms with Gasteiger partial charge in [-0.3, -0.25) is 4.79 Å². The van der Waals surface area contributed by atoms with Crippen molar-refractivity contribution in [2.45, 2.75) is 45.6 Å². The minimum absolute atomic E-state index is 0.0219. The van der Waals surface area contributed by atoms with Gasteiger partial charge < -0.3 is 15.4 Å². The molecule has 1 unspecified atom stereocenters. The van der Waals surface area contributed by atoms with Crippen LogP contribution in [0.3, 0.4) is 0 Å². The van der Waals surface area contributed by atoms with Gasteiger partial charge in [-0.25, -0.2) is 0 Å². The molecular weight excluding hydrogens is 324 g/mol. The molecular formula is C22H28N2O2. The molecule has 0 radical (unpaired) electrons. The normalized spacial score (nSPS) is 14.6. The van der Waals surface area contributed by atoms with Gasteiger partial charge in [0.25, 0.3) is 0 Å². The van der Waals surface area contributed by atoms with E-state index in [1.807, 2.05) is 25.1 Å². The van der Waals surface area contributed by atoms with Crippen molar-refractivity contribution in [3.63, 3.8) is 0 Å². The Hall–Kier alpha value is -2.49. The fourth-order valence-electron chi connectivity index (χ4n) is 3.04. The van der Waals surface area contributed by atoms with Crippen LogP contribution in [-0.2, 0) is 16.8 Å². The molecule has 0 aliphatic carbocycles. The first-order valence-electron chi connectivity index (χ1n) is 9.22. The van der Waals surface area contributed by atoms with Crippen molar-refractivity contribution in [3.05, 3.63) is 59.2 Å². The molecule has 0 spiro atoms. The lowest BCUT2D eigenvalue weighted by molar-refractivity contribution is -0.122. The van der Waals surface area contributed by atoms with Crippen LogP contribution >= 0.6 is 0 Å². The Bertz CT molecular complexity index is 776. The SMILES string of the molecule is CC(C(=O)NCc1ccc(C(C)(C)C)cc1)c1ccc2c(c1)OCCN2. The van der Waals surface area contributed by atoms with E-state index in [1.54, 1.807) is 0 Å². The second-order valence-corrected chi connectivity index (χ2v) is 7.92. The largest absolute Gasteiger partial charge is 0.490 e. The number of carbonyl (C=O) groups excluding carboxylic acids is 1. The maximum atomic E-state index is 12.5. The summed E-state index contributed by atoms with van der Waals surface area (Å²) in [5.41, 5.74) is 4.50. The Morgan fingerprint density at radius 1 is 1.19 bits per heavy atom. The van der Waals surface area contributed by atoms with E-state index in [4.69, 9.17) is 4.74 Å². The van der Waals surface area contributed by atoms with Crippen molar-refractivity contribution in [2.24, 2.45) is 0 Å². The Labute approximate surface area is 156 Å². The maximum absolute atomic E-state index is 12.5. The number of ether oxygens (including phenoxy) is 1. The molecule has 1 aliphatic heterocycles. The molecule has 138 valence electrons. The van der Waals surface area contributed by atoms with E-state index in [0.717, 1.165) is 29.1 Å². The summed E-state index contributed by atoms with van der Waals surface area (Å²) in [5, 5.41) is 6.33. The number of fused-ring (bicyclic) bond motifs is 1. The number of benzene rings is 2. The highest BCUT2D eigenvalue weighted by Gasteiger charge is 2.18. The van der Waals surface area contributed by atoms with Crippen LogP contribution in [0.4, 0.5) is 5.69 Å². The van der Waals surface area contributed by atoms with Gasteiger partial charge >= 0.3 is 0 Å². The highest BCUT2D eigenvalue weighted by molar-refractivity contribution is 5.83.